The molecule has 0 saturated carbocycles. The summed E-state index contributed by atoms with van der Waals surface area (Å²) in [6.45, 7) is 3.44. The average molecular weight is 336 g/mol. The zero-order valence-corrected chi connectivity index (χ0v) is 14.6. The summed E-state index contributed by atoms with van der Waals surface area (Å²) in [7, 11) is 0. The number of hydrogen-bond acceptors (Lipinski definition) is 3. The predicted molar refractivity (Wildman–Crippen MR) is 99.1 cm³/mol. The number of amides is 1. The molecule has 130 valence electrons. The van der Waals surface area contributed by atoms with Crippen LogP contribution in [0.3, 0.4) is 0 Å². The van der Waals surface area contributed by atoms with Crippen molar-refractivity contribution in [1.82, 2.24) is 9.88 Å². The lowest BCUT2D eigenvalue weighted by molar-refractivity contribution is -0.129. The Labute approximate surface area is 149 Å². The molecule has 2 aromatic rings. The van der Waals surface area contributed by atoms with Crippen molar-refractivity contribution in [2.75, 3.05) is 6.54 Å². The van der Waals surface area contributed by atoms with Gasteiger partial charge in [-0.2, -0.15) is 0 Å². The lowest BCUT2D eigenvalue weighted by Crippen LogP contribution is -2.41. The van der Waals surface area contributed by atoms with Crippen molar-refractivity contribution in [3.05, 3.63) is 66.0 Å². The average Bonchev–Trinajstić information content (AvgIpc) is 2.66. The second-order valence-corrected chi connectivity index (χ2v) is 6.39. The fraction of sp³-hybridized carbons (Fsp3) is 0.333. The molecule has 1 fully saturated rings. The van der Waals surface area contributed by atoms with Gasteiger partial charge in [-0.25, -0.2) is 0 Å². The molecule has 1 atom stereocenters. The van der Waals surface area contributed by atoms with Crippen molar-refractivity contribution in [3.8, 4) is 5.75 Å². The first-order valence-corrected chi connectivity index (χ1v) is 8.84. The molecule has 0 spiro atoms. The van der Waals surface area contributed by atoms with Crippen LogP contribution < -0.4 is 4.74 Å². The molecule has 4 nitrogen and oxygen atoms in total. The number of ether oxygens (including phenoxy) is 1. The molecule has 1 aromatic carbocycles. The summed E-state index contributed by atoms with van der Waals surface area (Å²) < 4.78 is 5.72. The van der Waals surface area contributed by atoms with Gasteiger partial charge in [0.2, 0.25) is 5.91 Å². The van der Waals surface area contributed by atoms with Crippen LogP contribution in [0, 0.1) is 0 Å². The van der Waals surface area contributed by atoms with Gasteiger partial charge in [0.15, 0.2) is 0 Å². The fourth-order valence-corrected chi connectivity index (χ4v) is 3.00. The Bertz CT molecular complexity index is 710. The Kier molecular flexibility index (Phi) is 5.83. The molecule has 0 bridgehead atoms. The molecule has 0 N–H and O–H groups in total. The Morgan fingerprint density at radius 2 is 2.08 bits per heavy atom. The number of likely N-dealkylation sites (tertiary alicyclic amines) is 1. The van der Waals surface area contributed by atoms with Gasteiger partial charge in [0, 0.05) is 24.9 Å². The van der Waals surface area contributed by atoms with Crippen molar-refractivity contribution in [2.24, 2.45) is 0 Å². The number of piperidine rings is 1. The molecular formula is C21H24N2O2. The lowest BCUT2D eigenvalue weighted by Gasteiger charge is -2.32. The third-order valence-electron chi connectivity index (χ3n) is 4.50. The molecule has 1 aliphatic heterocycles. The summed E-state index contributed by atoms with van der Waals surface area (Å²) in [5, 5.41) is 0. The molecule has 1 aliphatic rings. The molecule has 1 saturated heterocycles. The van der Waals surface area contributed by atoms with Gasteiger partial charge in [-0.05, 0) is 62.1 Å². The first kappa shape index (κ1) is 17.2. The van der Waals surface area contributed by atoms with Crippen molar-refractivity contribution in [2.45, 2.75) is 38.8 Å². The van der Waals surface area contributed by atoms with Gasteiger partial charge in [-0.1, -0.05) is 18.2 Å². The van der Waals surface area contributed by atoms with Gasteiger partial charge in [-0.3, -0.25) is 9.78 Å². The molecule has 0 aliphatic carbocycles. The molecule has 1 amide bonds. The quantitative estimate of drug-likeness (QED) is 0.773. The maximum Gasteiger partial charge on any atom is 0.246 e. The number of carbonyl (C=O) groups excluding carboxylic acids is 1. The van der Waals surface area contributed by atoms with E-state index in [2.05, 4.69) is 11.9 Å². The van der Waals surface area contributed by atoms with Crippen molar-refractivity contribution >= 4 is 12.0 Å². The minimum absolute atomic E-state index is 0.0997. The molecule has 1 unspecified atom stereocenters. The smallest absolute Gasteiger partial charge is 0.246 e. The van der Waals surface area contributed by atoms with E-state index < -0.39 is 0 Å². The van der Waals surface area contributed by atoms with Gasteiger partial charge in [-0.15, -0.1) is 0 Å². The van der Waals surface area contributed by atoms with Crippen molar-refractivity contribution in [1.29, 1.82) is 0 Å². The Morgan fingerprint density at radius 3 is 2.80 bits per heavy atom. The minimum atomic E-state index is 0.0997. The van der Waals surface area contributed by atoms with Crippen LogP contribution in [-0.4, -0.2) is 28.4 Å². The third kappa shape index (κ3) is 4.92. The summed E-state index contributed by atoms with van der Waals surface area (Å²) in [6.07, 6.45) is 8.72. The molecular weight excluding hydrogens is 312 g/mol. The number of aromatic nitrogens is 1. The number of pyridine rings is 1. The third-order valence-corrected chi connectivity index (χ3v) is 4.50. The zero-order chi connectivity index (χ0) is 17.5. The van der Waals surface area contributed by atoms with Crippen LogP contribution in [0.2, 0.25) is 0 Å². The molecule has 1 aromatic heterocycles. The van der Waals surface area contributed by atoms with E-state index in [0.29, 0.717) is 12.6 Å². The van der Waals surface area contributed by atoms with E-state index in [1.165, 1.54) is 6.42 Å². The van der Waals surface area contributed by atoms with Crippen LogP contribution in [0.15, 0.2) is 54.7 Å². The van der Waals surface area contributed by atoms with Gasteiger partial charge in [0.1, 0.15) is 12.4 Å². The van der Waals surface area contributed by atoms with E-state index in [4.69, 9.17) is 4.74 Å². The second kappa shape index (κ2) is 8.47. The first-order chi connectivity index (χ1) is 12.2. The molecule has 0 radical (unpaired) electrons. The van der Waals surface area contributed by atoms with Gasteiger partial charge in [0.05, 0.1) is 5.69 Å². The van der Waals surface area contributed by atoms with Crippen molar-refractivity contribution in [3.63, 3.8) is 0 Å². The van der Waals surface area contributed by atoms with E-state index in [1.807, 2.05) is 53.4 Å². The Balaban J connectivity index is 1.54. The van der Waals surface area contributed by atoms with Crippen molar-refractivity contribution < 1.29 is 9.53 Å². The fourth-order valence-electron chi connectivity index (χ4n) is 3.00. The van der Waals surface area contributed by atoms with Crippen LogP contribution in [0.25, 0.3) is 6.08 Å². The first-order valence-electron chi connectivity index (χ1n) is 8.84. The Morgan fingerprint density at radius 1 is 1.24 bits per heavy atom. The monoisotopic (exact) mass is 336 g/mol. The number of hydrogen-bond donors (Lipinski definition) is 0. The number of carbonyl (C=O) groups is 1. The summed E-state index contributed by atoms with van der Waals surface area (Å²) in [5.41, 5.74) is 1.89. The maximum atomic E-state index is 12.3. The van der Waals surface area contributed by atoms with E-state index >= 15 is 0 Å². The van der Waals surface area contributed by atoms with Crippen LogP contribution in [0.1, 0.15) is 37.4 Å². The molecule has 4 heteroatoms. The van der Waals surface area contributed by atoms with E-state index in [0.717, 1.165) is 36.4 Å². The van der Waals surface area contributed by atoms with Crippen LogP contribution in [0.4, 0.5) is 0 Å². The maximum absolute atomic E-state index is 12.3. The molecule has 25 heavy (non-hydrogen) atoms. The summed E-state index contributed by atoms with van der Waals surface area (Å²) in [4.78, 5) is 18.5. The SMILES string of the molecule is CC1CCCCN1C(=O)/C=C/c1ccc(OCc2ccccn2)cc1. The highest BCUT2D eigenvalue weighted by atomic mass is 16.5. The summed E-state index contributed by atoms with van der Waals surface area (Å²) >= 11 is 0. The van der Waals surface area contributed by atoms with Crippen LogP contribution in [0.5, 0.6) is 5.75 Å². The zero-order valence-electron chi connectivity index (χ0n) is 14.6. The predicted octanol–water partition coefficient (Wildman–Crippen LogP) is 4.07. The second-order valence-electron chi connectivity index (χ2n) is 6.39. The highest BCUT2D eigenvalue weighted by Crippen LogP contribution is 2.18. The topological polar surface area (TPSA) is 42.4 Å². The molecule has 2 heterocycles. The van der Waals surface area contributed by atoms with Crippen LogP contribution >= 0.6 is 0 Å². The number of rotatable bonds is 5. The molecule has 3 rings (SSSR count). The minimum Gasteiger partial charge on any atom is -0.487 e. The van der Waals surface area contributed by atoms with Crippen LogP contribution in [-0.2, 0) is 11.4 Å². The Hall–Kier alpha value is -2.62. The van der Waals surface area contributed by atoms with E-state index in [1.54, 1.807) is 12.3 Å². The number of benzene rings is 1. The summed E-state index contributed by atoms with van der Waals surface area (Å²) in [5.74, 6) is 0.890. The lowest BCUT2D eigenvalue weighted by atomic mass is 10.0. The van der Waals surface area contributed by atoms with E-state index in [-0.39, 0.29) is 5.91 Å². The van der Waals surface area contributed by atoms with Gasteiger partial charge in [0.25, 0.3) is 0 Å². The highest BCUT2D eigenvalue weighted by molar-refractivity contribution is 5.92. The normalized spacial score (nSPS) is 17.6. The number of nitrogens with zero attached hydrogens (tertiary/aromatic N) is 2. The largest absolute Gasteiger partial charge is 0.487 e. The standard InChI is InChI=1S/C21H24N2O2/c1-17-6-3-5-15-23(17)21(24)13-10-18-8-11-20(12-9-18)25-16-19-7-2-4-14-22-19/h2,4,7-14,17H,3,5-6,15-16H2,1H3/b13-10+. The highest BCUT2D eigenvalue weighted by Gasteiger charge is 2.21. The summed E-state index contributed by atoms with van der Waals surface area (Å²) in [6, 6.07) is 13.8. The van der Waals surface area contributed by atoms with Gasteiger partial charge < -0.3 is 9.64 Å². The van der Waals surface area contributed by atoms with E-state index in [9.17, 15) is 4.79 Å². The van der Waals surface area contributed by atoms with Gasteiger partial charge >= 0.3 is 0 Å².